The molecule has 0 amide bonds. The largest absolute Gasteiger partial charge is 0.464 e. The first-order valence-corrected chi connectivity index (χ1v) is 12.1. The van der Waals surface area contributed by atoms with E-state index in [-0.39, 0.29) is 13.0 Å². The van der Waals surface area contributed by atoms with Gasteiger partial charge >= 0.3 is 16.4 Å². The summed E-state index contributed by atoms with van der Waals surface area (Å²) in [5.41, 5.74) is 0. The average molecular weight is 409 g/mol. The lowest BCUT2D eigenvalue weighted by Crippen LogP contribution is -2.29. The highest BCUT2D eigenvalue weighted by atomic mass is 32.3. The molecule has 1 unspecified atom stereocenters. The number of ether oxygens (including phenoxy) is 1. The summed E-state index contributed by atoms with van der Waals surface area (Å²) in [5, 5.41) is 0. The van der Waals surface area contributed by atoms with Gasteiger partial charge in [0.1, 0.15) is 0 Å². The van der Waals surface area contributed by atoms with E-state index in [2.05, 4.69) is 18.0 Å². The van der Waals surface area contributed by atoms with Crippen LogP contribution in [0.1, 0.15) is 110 Å². The maximum atomic E-state index is 12.0. The Morgan fingerprint density at radius 3 is 1.70 bits per heavy atom. The Morgan fingerprint density at radius 2 is 1.22 bits per heavy atom. The minimum Gasteiger partial charge on any atom is -0.464 e. The molecule has 27 heavy (non-hydrogen) atoms. The van der Waals surface area contributed by atoms with Crippen molar-refractivity contribution in [2.45, 2.75) is 116 Å². The van der Waals surface area contributed by atoms with Crippen molar-refractivity contribution < 1.29 is 26.7 Å². The lowest BCUT2D eigenvalue weighted by molar-refractivity contribution is -0.152. The predicted octanol–water partition coefficient (Wildman–Crippen LogP) is 5.61. The molecule has 1 atom stereocenters. The molecule has 0 fully saturated rings. The molecule has 0 aliphatic heterocycles. The molecule has 6 nitrogen and oxygen atoms in total. The molecule has 0 aliphatic rings. The van der Waals surface area contributed by atoms with Gasteiger partial charge in [-0.3, -0.25) is 4.55 Å². The monoisotopic (exact) mass is 408 g/mol. The Balaban J connectivity index is 3.85. The standard InChI is InChI=1S/C20H40O6S/c1-3-5-7-9-10-11-12-13-14-16-18-25-20(21)19(26-27(22,23)24)17-15-8-6-4-2/h19H,3-18H2,1-2H3,(H,22,23,24). The SMILES string of the molecule is CCCCCCCCCCCCOC(=O)C(CCCCCC)OS(=O)(=O)O. The van der Waals surface area contributed by atoms with E-state index in [4.69, 9.17) is 9.29 Å². The Hall–Kier alpha value is -0.660. The van der Waals surface area contributed by atoms with E-state index in [0.717, 1.165) is 38.5 Å². The van der Waals surface area contributed by atoms with Gasteiger partial charge in [0.15, 0.2) is 6.10 Å². The van der Waals surface area contributed by atoms with Crippen molar-refractivity contribution >= 4 is 16.4 Å². The van der Waals surface area contributed by atoms with Gasteiger partial charge in [0.05, 0.1) is 6.61 Å². The Morgan fingerprint density at radius 1 is 0.778 bits per heavy atom. The molecule has 7 heteroatoms. The molecule has 162 valence electrons. The van der Waals surface area contributed by atoms with Crippen LogP contribution in [0.15, 0.2) is 0 Å². The minimum atomic E-state index is -4.67. The van der Waals surface area contributed by atoms with Crippen molar-refractivity contribution in [1.29, 1.82) is 0 Å². The second-order valence-electron chi connectivity index (χ2n) is 7.21. The van der Waals surface area contributed by atoms with Gasteiger partial charge in [0.2, 0.25) is 0 Å². The van der Waals surface area contributed by atoms with Crippen molar-refractivity contribution in [3.63, 3.8) is 0 Å². The molecule has 0 aromatic carbocycles. The molecule has 0 aromatic heterocycles. The van der Waals surface area contributed by atoms with Crippen molar-refractivity contribution in [1.82, 2.24) is 0 Å². The van der Waals surface area contributed by atoms with Crippen LogP contribution in [-0.4, -0.2) is 31.7 Å². The zero-order chi connectivity index (χ0) is 20.4. The van der Waals surface area contributed by atoms with Gasteiger partial charge in [-0.1, -0.05) is 97.3 Å². The number of carbonyl (C=O) groups is 1. The quantitative estimate of drug-likeness (QED) is 0.170. The summed E-state index contributed by atoms with van der Waals surface area (Å²) < 4.78 is 40.3. The van der Waals surface area contributed by atoms with Gasteiger partial charge in [-0.15, -0.1) is 0 Å². The van der Waals surface area contributed by atoms with E-state index in [1.165, 1.54) is 44.9 Å². The number of rotatable bonds is 19. The molecular weight excluding hydrogens is 368 g/mol. The van der Waals surface area contributed by atoms with Gasteiger partial charge in [-0.05, 0) is 12.8 Å². The number of unbranched alkanes of at least 4 members (excludes halogenated alkanes) is 12. The second kappa shape index (κ2) is 17.4. The van der Waals surface area contributed by atoms with Crippen LogP contribution in [0.2, 0.25) is 0 Å². The second-order valence-corrected chi connectivity index (χ2v) is 8.26. The van der Waals surface area contributed by atoms with Crippen LogP contribution in [-0.2, 0) is 24.1 Å². The Bertz CT molecular complexity index is 449. The molecule has 0 saturated heterocycles. The molecule has 1 N–H and O–H groups in total. The van der Waals surface area contributed by atoms with Crippen molar-refractivity contribution in [3.05, 3.63) is 0 Å². The maximum Gasteiger partial charge on any atom is 0.398 e. The van der Waals surface area contributed by atoms with E-state index < -0.39 is 22.5 Å². The third-order valence-corrected chi connectivity index (χ3v) is 5.04. The molecule has 0 saturated carbocycles. The van der Waals surface area contributed by atoms with Crippen molar-refractivity contribution in [2.24, 2.45) is 0 Å². The molecule has 0 rings (SSSR count). The lowest BCUT2D eigenvalue weighted by Gasteiger charge is -2.14. The van der Waals surface area contributed by atoms with Crippen LogP contribution in [0.4, 0.5) is 0 Å². The highest BCUT2D eigenvalue weighted by molar-refractivity contribution is 7.80. The van der Waals surface area contributed by atoms with E-state index >= 15 is 0 Å². The smallest absolute Gasteiger partial charge is 0.398 e. The topological polar surface area (TPSA) is 89.9 Å². The maximum absolute atomic E-state index is 12.0. The summed E-state index contributed by atoms with van der Waals surface area (Å²) in [4.78, 5) is 12.0. The lowest BCUT2D eigenvalue weighted by atomic mass is 10.1. The first kappa shape index (κ1) is 26.3. The van der Waals surface area contributed by atoms with Crippen LogP contribution in [0.3, 0.4) is 0 Å². The normalized spacial score (nSPS) is 12.9. The van der Waals surface area contributed by atoms with Crippen molar-refractivity contribution in [3.8, 4) is 0 Å². The molecule has 0 heterocycles. The highest BCUT2D eigenvalue weighted by Crippen LogP contribution is 2.13. The number of hydrogen-bond donors (Lipinski definition) is 1. The number of esters is 1. The van der Waals surface area contributed by atoms with Gasteiger partial charge in [0.25, 0.3) is 0 Å². The van der Waals surface area contributed by atoms with Gasteiger partial charge in [-0.2, -0.15) is 8.42 Å². The third kappa shape index (κ3) is 18.5. The molecule has 0 radical (unpaired) electrons. The Labute approximate surface area is 166 Å². The summed E-state index contributed by atoms with van der Waals surface area (Å²) in [5.74, 6) is -0.708. The van der Waals surface area contributed by atoms with E-state index in [0.29, 0.717) is 6.42 Å². The Kier molecular flexibility index (Phi) is 17.0. The van der Waals surface area contributed by atoms with Crippen molar-refractivity contribution in [2.75, 3.05) is 6.61 Å². The van der Waals surface area contributed by atoms with Gasteiger partial charge in [0, 0.05) is 0 Å². The minimum absolute atomic E-state index is 0.233. The molecule has 0 spiro atoms. The zero-order valence-corrected chi connectivity index (χ0v) is 18.1. The van der Waals surface area contributed by atoms with Crippen LogP contribution < -0.4 is 0 Å². The van der Waals surface area contributed by atoms with Gasteiger partial charge in [-0.25, -0.2) is 8.98 Å². The third-order valence-electron chi connectivity index (χ3n) is 4.56. The van der Waals surface area contributed by atoms with Crippen LogP contribution in [0.25, 0.3) is 0 Å². The van der Waals surface area contributed by atoms with Crippen LogP contribution in [0.5, 0.6) is 0 Å². The van der Waals surface area contributed by atoms with E-state index in [1.54, 1.807) is 0 Å². The summed E-state index contributed by atoms with van der Waals surface area (Å²) >= 11 is 0. The fraction of sp³-hybridized carbons (Fsp3) is 0.950. The fourth-order valence-electron chi connectivity index (χ4n) is 2.96. The molecular formula is C20H40O6S. The zero-order valence-electron chi connectivity index (χ0n) is 17.3. The van der Waals surface area contributed by atoms with E-state index in [9.17, 15) is 13.2 Å². The van der Waals surface area contributed by atoms with Gasteiger partial charge < -0.3 is 4.74 Å². The summed E-state index contributed by atoms with van der Waals surface area (Å²) in [6.45, 7) is 4.54. The summed E-state index contributed by atoms with van der Waals surface area (Å²) in [6.07, 6.45) is 14.4. The average Bonchev–Trinajstić information content (AvgIpc) is 2.61. The van der Waals surface area contributed by atoms with Crippen LogP contribution >= 0.6 is 0 Å². The molecule has 0 aromatic rings. The first-order chi connectivity index (χ1) is 12.9. The first-order valence-electron chi connectivity index (χ1n) is 10.7. The number of hydrogen-bond acceptors (Lipinski definition) is 5. The molecule has 0 aliphatic carbocycles. The molecule has 0 bridgehead atoms. The fourth-order valence-corrected chi connectivity index (χ4v) is 3.43. The number of carbonyl (C=O) groups excluding carboxylic acids is 1. The van der Waals surface area contributed by atoms with E-state index in [1.807, 2.05) is 0 Å². The highest BCUT2D eigenvalue weighted by Gasteiger charge is 2.26. The summed E-state index contributed by atoms with van der Waals surface area (Å²) in [6, 6.07) is 0. The summed E-state index contributed by atoms with van der Waals surface area (Å²) in [7, 11) is -4.67. The predicted molar refractivity (Wildman–Crippen MR) is 108 cm³/mol. The van der Waals surface area contributed by atoms with Crippen LogP contribution in [0, 0.1) is 0 Å².